The summed E-state index contributed by atoms with van der Waals surface area (Å²) in [6.07, 6.45) is 0.893. The molecule has 0 aliphatic heterocycles. The average Bonchev–Trinajstić information content (AvgIpc) is 3.20. The molecule has 2 nitrogen and oxygen atoms in total. The van der Waals surface area contributed by atoms with Crippen LogP contribution in [-0.4, -0.2) is 12.1 Å². The highest BCUT2D eigenvalue weighted by Gasteiger charge is 2.04. The lowest BCUT2D eigenvalue weighted by Crippen LogP contribution is -1.89. The molecule has 0 N–H and O–H groups in total. The third-order valence-corrected chi connectivity index (χ3v) is 6.16. The van der Waals surface area contributed by atoms with Crippen molar-refractivity contribution in [3.8, 4) is 5.75 Å². The van der Waals surface area contributed by atoms with Gasteiger partial charge in [-0.1, -0.05) is 18.2 Å². The minimum Gasteiger partial charge on any atom is -0.497 e. The van der Waals surface area contributed by atoms with E-state index in [0.717, 1.165) is 23.7 Å². The van der Waals surface area contributed by atoms with Crippen LogP contribution in [0.4, 0.5) is 0 Å². The Labute approximate surface area is 143 Å². The molecule has 0 fully saturated rings. The fourth-order valence-electron chi connectivity index (χ4n) is 2.07. The van der Waals surface area contributed by atoms with Gasteiger partial charge in [0.2, 0.25) is 0 Å². The minimum atomic E-state index is 0.893. The van der Waals surface area contributed by atoms with E-state index < -0.39 is 0 Å². The first-order chi connectivity index (χ1) is 10.8. The lowest BCUT2D eigenvalue weighted by molar-refractivity contribution is 0.414. The average molecular weight is 348 g/mol. The van der Waals surface area contributed by atoms with E-state index >= 15 is 0 Å². The molecule has 0 atom stereocenters. The highest BCUT2D eigenvalue weighted by atomic mass is 32.2. The summed E-state index contributed by atoms with van der Waals surface area (Å²) in [6.45, 7) is 0. The van der Waals surface area contributed by atoms with Crippen LogP contribution >= 0.6 is 34.4 Å². The largest absolute Gasteiger partial charge is 0.497 e. The van der Waals surface area contributed by atoms with E-state index in [1.54, 1.807) is 18.4 Å². The van der Waals surface area contributed by atoms with Crippen LogP contribution in [0.1, 0.15) is 21.1 Å². The van der Waals surface area contributed by atoms with Gasteiger partial charge in [-0.2, -0.15) is 0 Å². The highest BCUT2D eigenvalue weighted by Crippen LogP contribution is 2.23. The summed E-state index contributed by atoms with van der Waals surface area (Å²) in [6, 6.07) is 12.5. The number of benzene rings is 1. The summed E-state index contributed by atoms with van der Waals surface area (Å²) in [4.78, 5) is 6.17. The lowest BCUT2D eigenvalue weighted by Gasteiger charge is -2.01. The number of nitrogens with zero attached hydrogens (tertiary/aromatic N) is 1. The Balaban J connectivity index is 1.51. The van der Waals surface area contributed by atoms with Crippen molar-refractivity contribution in [1.82, 2.24) is 4.98 Å². The Hall–Kier alpha value is -1.30. The molecule has 0 spiro atoms. The van der Waals surface area contributed by atoms with Gasteiger partial charge in [0, 0.05) is 28.2 Å². The van der Waals surface area contributed by atoms with Gasteiger partial charge in [-0.15, -0.1) is 34.4 Å². The number of thioether (sulfide) groups is 1. The Kier molecular flexibility index (Phi) is 5.53. The fraction of sp³-hybridized carbons (Fsp3) is 0.235. The summed E-state index contributed by atoms with van der Waals surface area (Å²) >= 11 is 5.49. The molecule has 2 heterocycles. The summed E-state index contributed by atoms with van der Waals surface area (Å²) < 4.78 is 5.18. The monoisotopic (exact) mass is 347 g/mol. The van der Waals surface area contributed by atoms with Crippen LogP contribution in [0.3, 0.4) is 0 Å². The predicted octanol–water partition coefficient (Wildman–Crippen LogP) is 5.24. The van der Waals surface area contributed by atoms with E-state index in [1.165, 1.54) is 21.1 Å². The van der Waals surface area contributed by atoms with Crippen molar-refractivity contribution in [2.24, 2.45) is 0 Å². The quantitative estimate of drug-likeness (QED) is 0.584. The van der Waals surface area contributed by atoms with Gasteiger partial charge < -0.3 is 4.74 Å². The van der Waals surface area contributed by atoms with Gasteiger partial charge in [0.1, 0.15) is 5.75 Å². The Morgan fingerprint density at radius 2 is 1.95 bits per heavy atom. The third kappa shape index (κ3) is 4.35. The smallest absolute Gasteiger partial charge is 0.118 e. The van der Waals surface area contributed by atoms with Gasteiger partial charge in [0.05, 0.1) is 17.8 Å². The fourth-order valence-corrected chi connectivity index (χ4v) is 4.77. The summed E-state index contributed by atoms with van der Waals surface area (Å²) in [5.74, 6) is 2.95. The van der Waals surface area contributed by atoms with Crippen molar-refractivity contribution in [2.45, 2.75) is 17.9 Å². The number of rotatable bonds is 7. The highest BCUT2D eigenvalue weighted by molar-refractivity contribution is 7.97. The molecular formula is C17H17NOS3. The maximum atomic E-state index is 5.18. The molecule has 0 aliphatic carbocycles. The predicted molar refractivity (Wildman–Crippen MR) is 97.2 cm³/mol. The SMILES string of the molecule is COc1ccc(Cc2nc(CSCc3cccs3)cs2)cc1. The third-order valence-electron chi connectivity index (χ3n) is 3.19. The zero-order valence-electron chi connectivity index (χ0n) is 12.3. The standard InChI is InChI=1S/C17H17NOS3/c1-19-15-6-4-13(5-7-15)9-17-18-14(11-22-17)10-20-12-16-3-2-8-21-16/h2-8,11H,9-10,12H2,1H3. The van der Waals surface area contributed by atoms with Crippen LogP contribution in [0.5, 0.6) is 5.75 Å². The van der Waals surface area contributed by atoms with E-state index in [1.807, 2.05) is 35.2 Å². The molecule has 0 aliphatic rings. The molecule has 0 saturated carbocycles. The van der Waals surface area contributed by atoms with Crippen molar-refractivity contribution >= 4 is 34.4 Å². The lowest BCUT2D eigenvalue weighted by atomic mass is 10.1. The molecule has 0 saturated heterocycles. The number of thiophene rings is 1. The second-order valence-electron chi connectivity index (χ2n) is 4.83. The molecule has 5 heteroatoms. The molecule has 3 rings (SSSR count). The minimum absolute atomic E-state index is 0.893. The first-order valence-corrected chi connectivity index (χ1v) is 9.91. The number of ether oxygens (including phenoxy) is 1. The van der Waals surface area contributed by atoms with E-state index in [-0.39, 0.29) is 0 Å². The van der Waals surface area contributed by atoms with Crippen molar-refractivity contribution in [2.75, 3.05) is 7.11 Å². The number of aromatic nitrogens is 1. The van der Waals surface area contributed by atoms with Crippen LogP contribution in [0.2, 0.25) is 0 Å². The molecule has 0 amide bonds. The second-order valence-corrected chi connectivity index (χ2v) is 7.79. The van der Waals surface area contributed by atoms with Gasteiger partial charge in [0.25, 0.3) is 0 Å². The van der Waals surface area contributed by atoms with Gasteiger partial charge in [-0.25, -0.2) is 4.98 Å². The molecular weight excluding hydrogens is 330 g/mol. The van der Waals surface area contributed by atoms with Crippen molar-refractivity contribution in [3.05, 3.63) is 68.3 Å². The summed E-state index contributed by atoms with van der Waals surface area (Å²) in [5, 5.41) is 5.49. The molecule has 0 bridgehead atoms. The molecule has 1 aromatic carbocycles. The van der Waals surface area contributed by atoms with Crippen LogP contribution in [-0.2, 0) is 17.9 Å². The topological polar surface area (TPSA) is 22.1 Å². The molecule has 114 valence electrons. The van der Waals surface area contributed by atoms with Crippen LogP contribution in [0.25, 0.3) is 0 Å². The zero-order valence-corrected chi connectivity index (χ0v) is 14.8. The maximum absolute atomic E-state index is 5.18. The maximum Gasteiger partial charge on any atom is 0.118 e. The van der Waals surface area contributed by atoms with Crippen LogP contribution < -0.4 is 4.74 Å². The molecule has 3 aromatic rings. The molecule has 0 radical (unpaired) electrons. The first kappa shape index (κ1) is 15.6. The summed E-state index contributed by atoms with van der Waals surface area (Å²) in [7, 11) is 1.69. The molecule has 2 aromatic heterocycles. The van der Waals surface area contributed by atoms with Gasteiger partial charge in [-0.3, -0.25) is 0 Å². The Morgan fingerprint density at radius 1 is 1.09 bits per heavy atom. The van der Waals surface area contributed by atoms with Gasteiger partial charge in [0.15, 0.2) is 0 Å². The number of thiazole rings is 1. The van der Waals surface area contributed by atoms with Gasteiger partial charge >= 0.3 is 0 Å². The zero-order chi connectivity index (χ0) is 15.2. The normalized spacial score (nSPS) is 10.8. The van der Waals surface area contributed by atoms with Crippen molar-refractivity contribution < 1.29 is 4.74 Å². The van der Waals surface area contributed by atoms with E-state index in [2.05, 4.69) is 35.0 Å². The molecule has 0 unspecified atom stereocenters. The first-order valence-electron chi connectivity index (χ1n) is 7.00. The van der Waals surface area contributed by atoms with Crippen molar-refractivity contribution in [1.29, 1.82) is 0 Å². The van der Waals surface area contributed by atoms with Crippen LogP contribution in [0, 0.1) is 0 Å². The van der Waals surface area contributed by atoms with Crippen molar-refractivity contribution in [3.63, 3.8) is 0 Å². The van der Waals surface area contributed by atoms with Crippen LogP contribution in [0.15, 0.2) is 47.2 Å². The Bertz CT molecular complexity index is 689. The Morgan fingerprint density at radius 3 is 2.68 bits per heavy atom. The number of methoxy groups -OCH3 is 1. The molecule has 22 heavy (non-hydrogen) atoms. The number of hydrogen-bond acceptors (Lipinski definition) is 5. The van der Waals surface area contributed by atoms with E-state index in [0.29, 0.717) is 0 Å². The summed E-state index contributed by atoms with van der Waals surface area (Å²) in [5.41, 5.74) is 2.46. The second kappa shape index (κ2) is 7.81. The van der Waals surface area contributed by atoms with Gasteiger partial charge in [-0.05, 0) is 29.1 Å². The van der Waals surface area contributed by atoms with E-state index in [9.17, 15) is 0 Å². The number of hydrogen-bond donors (Lipinski definition) is 0. The van der Waals surface area contributed by atoms with E-state index in [4.69, 9.17) is 9.72 Å².